The minimum absolute atomic E-state index is 0.379. The lowest BCUT2D eigenvalue weighted by Crippen LogP contribution is -2.22. The fourth-order valence-corrected chi connectivity index (χ4v) is 3.45. The van der Waals surface area contributed by atoms with Gasteiger partial charge in [-0.1, -0.05) is 31.9 Å². The minimum atomic E-state index is 0.379. The van der Waals surface area contributed by atoms with Gasteiger partial charge in [0, 0.05) is 14.7 Å². The topological polar surface area (TPSA) is 21.6 Å². The van der Waals surface area contributed by atoms with Gasteiger partial charge in [-0.3, -0.25) is 4.99 Å². The van der Waals surface area contributed by atoms with E-state index in [-0.39, 0.29) is 0 Å². The number of hydrogen-bond acceptors (Lipinski definition) is 2. The Labute approximate surface area is 152 Å². The van der Waals surface area contributed by atoms with Crippen LogP contribution in [0.4, 0.5) is 0 Å². The van der Waals surface area contributed by atoms with Crippen LogP contribution >= 0.6 is 22.6 Å². The van der Waals surface area contributed by atoms with Gasteiger partial charge in [-0.2, -0.15) is 0 Å². The van der Waals surface area contributed by atoms with E-state index in [2.05, 4.69) is 65.9 Å². The molecule has 1 heterocycles. The van der Waals surface area contributed by atoms with E-state index >= 15 is 0 Å². The Hall–Kier alpha value is -1.36. The standard InChI is InChI=1S/C20H22INO/c1-3-4-5-17-12-15-13-18(23-2)10-11-19(15)20(22-17)14-6-8-16(21)9-7-14/h6-11,13,17H,3-5,12H2,1-2H3/t17-/m0/s1. The van der Waals surface area contributed by atoms with E-state index in [0.29, 0.717) is 6.04 Å². The Balaban J connectivity index is 2.02. The molecule has 0 bridgehead atoms. The first-order valence-electron chi connectivity index (χ1n) is 8.22. The molecular formula is C20H22INO. The molecule has 3 heteroatoms. The second-order valence-corrected chi connectivity index (χ2v) is 7.25. The summed E-state index contributed by atoms with van der Waals surface area (Å²) in [5.41, 5.74) is 4.94. The largest absolute Gasteiger partial charge is 0.497 e. The van der Waals surface area contributed by atoms with Crippen LogP contribution < -0.4 is 4.74 Å². The summed E-state index contributed by atoms with van der Waals surface area (Å²) >= 11 is 2.34. The maximum atomic E-state index is 5.41. The number of unbranched alkanes of at least 4 members (excludes halogenated alkanes) is 1. The van der Waals surface area contributed by atoms with E-state index in [4.69, 9.17) is 9.73 Å². The van der Waals surface area contributed by atoms with Crippen LogP contribution in [0.3, 0.4) is 0 Å². The molecule has 2 aromatic carbocycles. The van der Waals surface area contributed by atoms with Crippen molar-refractivity contribution >= 4 is 28.3 Å². The summed E-state index contributed by atoms with van der Waals surface area (Å²) in [6.45, 7) is 2.24. The monoisotopic (exact) mass is 419 g/mol. The number of halogens is 1. The predicted molar refractivity (Wildman–Crippen MR) is 105 cm³/mol. The van der Waals surface area contributed by atoms with Gasteiger partial charge in [0.05, 0.1) is 18.9 Å². The third kappa shape index (κ3) is 3.77. The SMILES string of the molecule is CCCC[C@H]1Cc2cc(OC)ccc2C(c2ccc(I)cc2)=N1. The van der Waals surface area contributed by atoms with Crippen LogP contribution in [0.25, 0.3) is 0 Å². The van der Waals surface area contributed by atoms with E-state index < -0.39 is 0 Å². The normalized spacial score (nSPS) is 16.7. The quantitative estimate of drug-likeness (QED) is 0.607. The minimum Gasteiger partial charge on any atom is -0.497 e. The summed E-state index contributed by atoms with van der Waals surface area (Å²) in [5.74, 6) is 0.932. The molecule has 0 saturated heterocycles. The summed E-state index contributed by atoms with van der Waals surface area (Å²) < 4.78 is 6.66. The molecule has 0 N–H and O–H groups in total. The van der Waals surface area contributed by atoms with E-state index in [9.17, 15) is 0 Å². The number of benzene rings is 2. The maximum Gasteiger partial charge on any atom is 0.119 e. The van der Waals surface area contributed by atoms with Crippen molar-refractivity contribution in [2.75, 3.05) is 7.11 Å². The molecule has 2 nitrogen and oxygen atoms in total. The number of methoxy groups -OCH3 is 1. The molecule has 0 aliphatic carbocycles. The zero-order valence-corrected chi connectivity index (χ0v) is 15.8. The fraction of sp³-hybridized carbons (Fsp3) is 0.350. The first-order chi connectivity index (χ1) is 11.2. The molecule has 0 saturated carbocycles. The van der Waals surface area contributed by atoms with Crippen molar-refractivity contribution < 1.29 is 4.74 Å². The lowest BCUT2D eigenvalue weighted by atomic mass is 9.88. The van der Waals surface area contributed by atoms with Crippen molar-refractivity contribution in [1.29, 1.82) is 0 Å². The van der Waals surface area contributed by atoms with Crippen LogP contribution in [0.1, 0.15) is 42.9 Å². The van der Waals surface area contributed by atoms with Gasteiger partial charge in [0.2, 0.25) is 0 Å². The van der Waals surface area contributed by atoms with Crippen molar-refractivity contribution in [2.45, 2.75) is 38.6 Å². The maximum absolute atomic E-state index is 5.41. The third-order valence-corrected chi connectivity index (χ3v) is 5.06. The molecule has 0 amide bonds. The van der Waals surface area contributed by atoms with Crippen molar-refractivity contribution in [3.63, 3.8) is 0 Å². The van der Waals surface area contributed by atoms with Crippen LogP contribution in [0.2, 0.25) is 0 Å². The molecule has 3 rings (SSSR count). The van der Waals surface area contributed by atoms with Crippen LogP contribution in [-0.4, -0.2) is 18.9 Å². The van der Waals surface area contributed by atoms with Crippen LogP contribution in [0, 0.1) is 3.57 Å². The van der Waals surface area contributed by atoms with Crippen molar-refractivity contribution in [2.24, 2.45) is 4.99 Å². The summed E-state index contributed by atoms with van der Waals surface area (Å²) in [7, 11) is 1.73. The first-order valence-corrected chi connectivity index (χ1v) is 9.30. The number of aliphatic imine (C=N–C) groups is 1. The molecule has 2 aromatic rings. The molecule has 0 aromatic heterocycles. The van der Waals surface area contributed by atoms with E-state index in [0.717, 1.165) is 24.3 Å². The summed E-state index contributed by atoms with van der Waals surface area (Å²) in [6.07, 6.45) is 4.62. The van der Waals surface area contributed by atoms with Crippen molar-refractivity contribution in [3.05, 3.63) is 62.7 Å². The molecule has 0 radical (unpaired) electrons. The molecular weight excluding hydrogens is 397 g/mol. The van der Waals surface area contributed by atoms with Crippen LogP contribution in [-0.2, 0) is 6.42 Å². The van der Waals surface area contributed by atoms with E-state index in [1.54, 1.807) is 7.11 Å². The lowest BCUT2D eigenvalue weighted by molar-refractivity contribution is 0.414. The summed E-state index contributed by atoms with van der Waals surface area (Å²) in [5, 5.41) is 0. The Morgan fingerprint density at radius 2 is 1.96 bits per heavy atom. The highest BCUT2D eigenvalue weighted by Gasteiger charge is 2.22. The fourth-order valence-electron chi connectivity index (χ4n) is 3.09. The Kier molecular flexibility index (Phi) is 5.36. The molecule has 1 atom stereocenters. The Bertz CT molecular complexity index is 706. The predicted octanol–water partition coefficient (Wildman–Crippen LogP) is 5.25. The van der Waals surface area contributed by atoms with Gasteiger partial charge in [-0.15, -0.1) is 0 Å². The molecule has 0 unspecified atom stereocenters. The zero-order valence-electron chi connectivity index (χ0n) is 13.7. The van der Waals surface area contributed by atoms with Crippen molar-refractivity contribution in [1.82, 2.24) is 0 Å². The van der Waals surface area contributed by atoms with Gasteiger partial charge < -0.3 is 4.74 Å². The average molecular weight is 419 g/mol. The van der Waals surface area contributed by atoms with Gasteiger partial charge in [0.1, 0.15) is 5.75 Å². The number of hydrogen-bond donors (Lipinski definition) is 0. The Morgan fingerprint density at radius 3 is 2.65 bits per heavy atom. The summed E-state index contributed by atoms with van der Waals surface area (Å²) in [4.78, 5) is 5.09. The lowest BCUT2D eigenvalue weighted by Gasteiger charge is -2.24. The molecule has 23 heavy (non-hydrogen) atoms. The highest BCUT2D eigenvalue weighted by Crippen LogP contribution is 2.29. The highest BCUT2D eigenvalue weighted by molar-refractivity contribution is 14.1. The van der Waals surface area contributed by atoms with Gasteiger partial charge in [0.25, 0.3) is 0 Å². The van der Waals surface area contributed by atoms with E-state index in [1.807, 2.05) is 6.07 Å². The molecule has 1 aliphatic rings. The van der Waals surface area contributed by atoms with Crippen LogP contribution in [0.5, 0.6) is 5.75 Å². The van der Waals surface area contributed by atoms with Crippen LogP contribution in [0.15, 0.2) is 47.5 Å². The van der Waals surface area contributed by atoms with Gasteiger partial charge in [-0.05, 0) is 71.3 Å². The Morgan fingerprint density at radius 1 is 1.17 bits per heavy atom. The molecule has 1 aliphatic heterocycles. The molecule has 120 valence electrons. The second kappa shape index (κ2) is 7.47. The first kappa shape index (κ1) is 16.5. The second-order valence-electron chi connectivity index (χ2n) is 6.01. The average Bonchev–Trinajstić information content (AvgIpc) is 2.59. The third-order valence-electron chi connectivity index (χ3n) is 4.34. The van der Waals surface area contributed by atoms with Gasteiger partial charge in [-0.25, -0.2) is 0 Å². The molecule has 0 fully saturated rings. The molecule has 0 spiro atoms. The number of fused-ring (bicyclic) bond motifs is 1. The smallest absolute Gasteiger partial charge is 0.119 e. The number of nitrogens with zero attached hydrogens (tertiary/aromatic N) is 1. The number of ether oxygens (including phenoxy) is 1. The van der Waals surface area contributed by atoms with Gasteiger partial charge in [0.15, 0.2) is 0 Å². The van der Waals surface area contributed by atoms with Crippen molar-refractivity contribution in [3.8, 4) is 5.75 Å². The highest BCUT2D eigenvalue weighted by atomic mass is 127. The van der Waals surface area contributed by atoms with E-state index in [1.165, 1.54) is 33.1 Å². The summed E-state index contributed by atoms with van der Waals surface area (Å²) in [6, 6.07) is 15.4. The zero-order chi connectivity index (χ0) is 16.2. The number of rotatable bonds is 5. The van der Waals surface area contributed by atoms with Gasteiger partial charge >= 0.3 is 0 Å².